The van der Waals surface area contributed by atoms with E-state index in [-0.39, 0.29) is 11.8 Å². The summed E-state index contributed by atoms with van der Waals surface area (Å²) in [7, 11) is 0. The number of thioether (sulfide) groups is 1. The van der Waals surface area contributed by atoms with E-state index in [1.54, 1.807) is 11.8 Å². The number of carbonyl (C=O) groups excluding carboxylic acids is 1. The third kappa shape index (κ3) is 5.57. The fourth-order valence-corrected chi connectivity index (χ4v) is 4.08. The Kier molecular flexibility index (Phi) is 6.57. The fourth-order valence-electron chi connectivity index (χ4n) is 3.16. The third-order valence-corrected chi connectivity index (χ3v) is 5.50. The Morgan fingerprint density at radius 2 is 2.07 bits per heavy atom. The first-order chi connectivity index (χ1) is 13.0. The average Bonchev–Trinajstić information content (AvgIpc) is 3.26. The number of hydrogen-bond acceptors (Lipinski definition) is 6. The van der Waals surface area contributed by atoms with Crippen molar-refractivity contribution in [1.82, 2.24) is 10.5 Å². The number of ether oxygens (including phenoxy) is 2. The highest BCUT2D eigenvalue weighted by Gasteiger charge is 2.32. The molecular formula is C20H26N2O4S. The maximum absolute atomic E-state index is 12.7. The lowest BCUT2D eigenvalue weighted by molar-refractivity contribution is -0.153. The van der Waals surface area contributed by atoms with Crippen LogP contribution in [0.4, 0.5) is 0 Å². The molecule has 3 rings (SSSR count). The van der Waals surface area contributed by atoms with Crippen molar-refractivity contribution in [2.24, 2.45) is 5.92 Å². The number of amides is 1. The average molecular weight is 391 g/mol. The predicted octanol–water partition coefficient (Wildman–Crippen LogP) is 3.79. The molecule has 0 spiro atoms. The van der Waals surface area contributed by atoms with Crippen molar-refractivity contribution >= 4 is 17.7 Å². The van der Waals surface area contributed by atoms with E-state index in [2.05, 4.69) is 17.4 Å². The number of carbonyl (C=O) groups is 1. The molecule has 1 aromatic carbocycles. The number of benzene rings is 1. The standard InChI is InChI=1S/C20H26N2O4S/c1-14(11-20(3)24-8-9-25-20)12-21-19(23)17-6-4-5-7-18(17)27-13-16-10-15(2)22-26-16/h4-7,10,14H,8-9,11-13H2,1-3H3,(H,21,23). The summed E-state index contributed by atoms with van der Waals surface area (Å²) in [6.07, 6.45) is 0.745. The predicted molar refractivity (Wildman–Crippen MR) is 104 cm³/mol. The molecule has 27 heavy (non-hydrogen) atoms. The molecule has 1 aromatic heterocycles. The van der Waals surface area contributed by atoms with E-state index in [1.165, 1.54) is 0 Å². The summed E-state index contributed by atoms with van der Waals surface area (Å²) in [4.78, 5) is 13.6. The van der Waals surface area contributed by atoms with Crippen molar-refractivity contribution in [3.05, 3.63) is 47.3 Å². The van der Waals surface area contributed by atoms with E-state index >= 15 is 0 Å². The van der Waals surface area contributed by atoms with Crippen LogP contribution >= 0.6 is 11.8 Å². The number of nitrogens with zero attached hydrogens (tertiary/aromatic N) is 1. The van der Waals surface area contributed by atoms with Crippen LogP contribution in [0.25, 0.3) is 0 Å². The Bertz CT molecular complexity index is 771. The molecule has 1 atom stereocenters. The summed E-state index contributed by atoms with van der Waals surface area (Å²) in [6, 6.07) is 9.52. The number of aryl methyl sites for hydroxylation is 1. The molecule has 6 nitrogen and oxygen atoms in total. The Balaban J connectivity index is 1.54. The van der Waals surface area contributed by atoms with Gasteiger partial charge in [0, 0.05) is 23.9 Å². The van der Waals surface area contributed by atoms with E-state index in [1.807, 2.05) is 44.2 Å². The first kappa shape index (κ1) is 19.9. The molecule has 2 heterocycles. The van der Waals surface area contributed by atoms with Crippen molar-refractivity contribution in [3.8, 4) is 0 Å². The van der Waals surface area contributed by atoms with Crippen LogP contribution in [0.2, 0.25) is 0 Å². The molecule has 146 valence electrons. The summed E-state index contributed by atoms with van der Waals surface area (Å²) in [5.41, 5.74) is 1.53. The van der Waals surface area contributed by atoms with Gasteiger partial charge in [-0.3, -0.25) is 4.79 Å². The second-order valence-electron chi connectivity index (χ2n) is 7.07. The maximum Gasteiger partial charge on any atom is 0.252 e. The van der Waals surface area contributed by atoms with E-state index in [4.69, 9.17) is 14.0 Å². The van der Waals surface area contributed by atoms with Crippen LogP contribution in [0.5, 0.6) is 0 Å². The number of hydrogen-bond donors (Lipinski definition) is 1. The quantitative estimate of drug-likeness (QED) is 0.691. The first-order valence-corrected chi connectivity index (χ1v) is 10.1. The van der Waals surface area contributed by atoms with Crippen LogP contribution < -0.4 is 5.32 Å². The van der Waals surface area contributed by atoms with Gasteiger partial charge in [-0.15, -0.1) is 11.8 Å². The molecular weight excluding hydrogens is 364 g/mol. The summed E-state index contributed by atoms with van der Waals surface area (Å²) in [5.74, 6) is 1.07. The number of rotatable bonds is 8. The molecule has 0 radical (unpaired) electrons. The van der Waals surface area contributed by atoms with E-state index < -0.39 is 5.79 Å². The lowest BCUT2D eigenvalue weighted by Crippen LogP contribution is -2.34. The van der Waals surface area contributed by atoms with Crippen LogP contribution in [0.1, 0.15) is 42.1 Å². The normalized spacial score (nSPS) is 17.0. The fraction of sp³-hybridized carbons (Fsp3) is 0.500. The Morgan fingerprint density at radius 1 is 1.33 bits per heavy atom. The maximum atomic E-state index is 12.7. The molecule has 7 heteroatoms. The molecule has 1 unspecified atom stereocenters. The number of nitrogens with one attached hydrogen (secondary N) is 1. The van der Waals surface area contributed by atoms with Crippen LogP contribution in [0.15, 0.2) is 39.8 Å². The highest BCUT2D eigenvalue weighted by Crippen LogP contribution is 2.28. The van der Waals surface area contributed by atoms with Crippen molar-refractivity contribution in [2.75, 3.05) is 19.8 Å². The lowest BCUT2D eigenvalue weighted by atomic mass is 10.0. The molecule has 1 fully saturated rings. The first-order valence-electron chi connectivity index (χ1n) is 9.15. The smallest absolute Gasteiger partial charge is 0.252 e. The minimum atomic E-state index is -0.535. The Labute approximate surface area is 164 Å². The lowest BCUT2D eigenvalue weighted by Gasteiger charge is -2.26. The van der Waals surface area contributed by atoms with Gasteiger partial charge in [-0.1, -0.05) is 24.2 Å². The summed E-state index contributed by atoms with van der Waals surface area (Å²) < 4.78 is 16.5. The van der Waals surface area contributed by atoms with Gasteiger partial charge in [0.15, 0.2) is 5.79 Å². The Hall–Kier alpha value is -1.83. The van der Waals surface area contributed by atoms with Gasteiger partial charge in [-0.05, 0) is 31.9 Å². The summed E-state index contributed by atoms with van der Waals surface area (Å²) >= 11 is 1.57. The van der Waals surface area contributed by atoms with Crippen LogP contribution in [-0.4, -0.2) is 36.6 Å². The minimum Gasteiger partial charge on any atom is -0.360 e. The highest BCUT2D eigenvalue weighted by molar-refractivity contribution is 7.98. The largest absolute Gasteiger partial charge is 0.360 e. The number of aromatic nitrogens is 1. The molecule has 1 aliphatic heterocycles. The Morgan fingerprint density at radius 3 is 2.78 bits per heavy atom. The topological polar surface area (TPSA) is 73.6 Å². The van der Waals surface area contributed by atoms with Crippen LogP contribution in [0.3, 0.4) is 0 Å². The van der Waals surface area contributed by atoms with E-state index in [9.17, 15) is 4.79 Å². The second kappa shape index (κ2) is 8.91. The van der Waals surface area contributed by atoms with Crippen LogP contribution in [0, 0.1) is 12.8 Å². The van der Waals surface area contributed by atoms with Gasteiger partial charge in [0.05, 0.1) is 30.2 Å². The molecule has 1 saturated heterocycles. The zero-order valence-corrected chi connectivity index (χ0v) is 16.8. The zero-order chi connectivity index (χ0) is 19.3. The monoisotopic (exact) mass is 390 g/mol. The van der Waals surface area contributed by atoms with Crippen molar-refractivity contribution in [2.45, 2.75) is 43.6 Å². The molecule has 2 aromatic rings. The second-order valence-corrected chi connectivity index (χ2v) is 8.09. The van der Waals surface area contributed by atoms with Gasteiger partial charge < -0.3 is 19.3 Å². The van der Waals surface area contributed by atoms with Gasteiger partial charge in [-0.25, -0.2) is 0 Å². The summed E-state index contributed by atoms with van der Waals surface area (Å²) in [6.45, 7) is 7.76. The van der Waals surface area contributed by atoms with Crippen molar-refractivity contribution in [1.29, 1.82) is 0 Å². The molecule has 1 amide bonds. The SMILES string of the molecule is Cc1cc(CSc2ccccc2C(=O)NCC(C)CC2(C)OCCO2)on1. The van der Waals surface area contributed by atoms with E-state index in [0.717, 1.165) is 22.8 Å². The molecule has 0 aliphatic carbocycles. The molecule has 1 N–H and O–H groups in total. The highest BCUT2D eigenvalue weighted by atomic mass is 32.2. The van der Waals surface area contributed by atoms with Gasteiger partial charge in [-0.2, -0.15) is 0 Å². The van der Waals surface area contributed by atoms with Gasteiger partial charge in [0.1, 0.15) is 5.76 Å². The summed E-state index contributed by atoms with van der Waals surface area (Å²) in [5, 5.41) is 6.93. The van der Waals surface area contributed by atoms with Crippen molar-refractivity contribution in [3.63, 3.8) is 0 Å². The minimum absolute atomic E-state index is 0.0721. The zero-order valence-electron chi connectivity index (χ0n) is 16.0. The third-order valence-electron chi connectivity index (χ3n) is 4.41. The van der Waals surface area contributed by atoms with Gasteiger partial charge in [0.2, 0.25) is 0 Å². The van der Waals surface area contributed by atoms with Crippen molar-refractivity contribution < 1.29 is 18.8 Å². The van der Waals surface area contributed by atoms with Gasteiger partial charge >= 0.3 is 0 Å². The van der Waals surface area contributed by atoms with E-state index in [0.29, 0.717) is 31.1 Å². The molecule has 0 bridgehead atoms. The van der Waals surface area contributed by atoms with Crippen LogP contribution in [-0.2, 0) is 15.2 Å². The molecule has 1 aliphatic rings. The van der Waals surface area contributed by atoms with Gasteiger partial charge in [0.25, 0.3) is 5.91 Å². The molecule has 0 saturated carbocycles.